The zero-order valence-corrected chi connectivity index (χ0v) is 13.6. The van der Waals surface area contributed by atoms with Crippen LogP contribution in [0.25, 0.3) is 0 Å². The van der Waals surface area contributed by atoms with Gasteiger partial charge in [-0.25, -0.2) is 4.79 Å². The number of rotatable bonds is 4. The number of aryl methyl sites for hydroxylation is 1. The van der Waals surface area contributed by atoms with Crippen LogP contribution in [0.15, 0.2) is 18.2 Å². The maximum Gasteiger partial charge on any atom is 0.321 e. The lowest BCUT2D eigenvalue weighted by molar-refractivity contribution is 0.139. The van der Waals surface area contributed by atoms with Crippen molar-refractivity contribution in [3.05, 3.63) is 23.8 Å². The predicted molar refractivity (Wildman–Crippen MR) is 87.3 cm³/mol. The van der Waals surface area contributed by atoms with E-state index >= 15 is 0 Å². The topological polar surface area (TPSA) is 61.8 Å². The van der Waals surface area contributed by atoms with Gasteiger partial charge in [-0.2, -0.15) is 0 Å². The summed E-state index contributed by atoms with van der Waals surface area (Å²) in [6.07, 6.45) is 3.87. The summed E-state index contributed by atoms with van der Waals surface area (Å²) in [5.74, 6) is 1.13. The van der Waals surface area contributed by atoms with E-state index in [1.807, 2.05) is 32.2 Å². The lowest BCUT2D eigenvalue weighted by Gasteiger charge is -2.34. The lowest BCUT2D eigenvalue weighted by atomic mass is 9.86. The lowest BCUT2D eigenvalue weighted by Crippen LogP contribution is -2.42. The summed E-state index contributed by atoms with van der Waals surface area (Å²) in [5.41, 5.74) is 1.78. The maximum atomic E-state index is 12.4. The molecule has 1 aliphatic rings. The summed E-state index contributed by atoms with van der Waals surface area (Å²) in [7, 11) is 3.46. The first-order valence-corrected chi connectivity index (χ1v) is 7.84. The Labute approximate surface area is 132 Å². The standard InChI is InChI=1S/C17H26N2O3/c1-12-4-9-15(22-3)10-16(12)18-17(21)19(2)14-7-5-13(11-20)6-8-14/h4,9-10,13-14,20H,5-8,11H2,1-3H3,(H,18,21). The van der Waals surface area contributed by atoms with Gasteiger partial charge in [-0.3, -0.25) is 0 Å². The molecule has 0 spiro atoms. The largest absolute Gasteiger partial charge is 0.497 e. The normalized spacial score (nSPS) is 21.3. The quantitative estimate of drug-likeness (QED) is 0.899. The molecule has 5 nitrogen and oxygen atoms in total. The summed E-state index contributed by atoms with van der Waals surface area (Å²) in [4.78, 5) is 14.2. The fourth-order valence-corrected chi connectivity index (χ4v) is 2.95. The van der Waals surface area contributed by atoms with Gasteiger partial charge in [-0.05, 0) is 50.2 Å². The second kappa shape index (κ2) is 7.49. The summed E-state index contributed by atoms with van der Waals surface area (Å²) >= 11 is 0. The molecule has 5 heteroatoms. The molecule has 0 bridgehead atoms. The van der Waals surface area contributed by atoms with Crippen LogP contribution in [-0.4, -0.2) is 42.8 Å². The van der Waals surface area contributed by atoms with Crippen LogP contribution in [0.3, 0.4) is 0 Å². The van der Waals surface area contributed by atoms with Gasteiger partial charge >= 0.3 is 6.03 Å². The molecule has 0 saturated heterocycles. The number of urea groups is 1. The molecular weight excluding hydrogens is 280 g/mol. The number of hydrogen-bond acceptors (Lipinski definition) is 3. The highest BCUT2D eigenvalue weighted by atomic mass is 16.5. The highest BCUT2D eigenvalue weighted by Gasteiger charge is 2.26. The van der Waals surface area contributed by atoms with E-state index in [-0.39, 0.29) is 18.7 Å². The first kappa shape index (κ1) is 16.6. The van der Waals surface area contributed by atoms with Crippen LogP contribution in [0, 0.1) is 12.8 Å². The Hall–Kier alpha value is -1.75. The van der Waals surface area contributed by atoms with Crippen LogP contribution < -0.4 is 10.1 Å². The Morgan fingerprint density at radius 2 is 2.05 bits per heavy atom. The van der Waals surface area contributed by atoms with E-state index < -0.39 is 0 Å². The average molecular weight is 306 g/mol. The molecule has 0 atom stereocenters. The molecule has 2 rings (SSSR count). The predicted octanol–water partition coefficient (Wildman–Crippen LogP) is 3.02. The van der Waals surface area contributed by atoms with Crippen molar-refractivity contribution in [1.29, 1.82) is 0 Å². The molecule has 0 radical (unpaired) electrons. The average Bonchev–Trinajstić information content (AvgIpc) is 2.56. The zero-order valence-electron chi connectivity index (χ0n) is 13.6. The Morgan fingerprint density at radius 1 is 1.36 bits per heavy atom. The molecule has 0 aliphatic heterocycles. The summed E-state index contributed by atoms with van der Waals surface area (Å²) in [6.45, 7) is 2.22. The third-order valence-electron chi connectivity index (χ3n) is 4.63. The van der Waals surface area contributed by atoms with Crippen molar-refractivity contribution >= 4 is 11.7 Å². The molecule has 1 saturated carbocycles. The number of carbonyl (C=O) groups is 1. The van der Waals surface area contributed by atoms with Crippen LogP contribution in [0.1, 0.15) is 31.2 Å². The minimum absolute atomic E-state index is 0.0937. The van der Waals surface area contributed by atoms with Crippen molar-refractivity contribution < 1.29 is 14.6 Å². The molecular formula is C17H26N2O3. The fourth-order valence-electron chi connectivity index (χ4n) is 2.95. The molecule has 1 aromatic rings. The van der Waals surface area contributed by atoms with Crippen molar-refractivity contribution in [2.24, 2.45) is 5.92 Å². The second-order valence-electron chi connectivity index (χ2n) is 6.08. The number of methoxy groups -OCH3 is 1. The monoisotopic (exact) mass is 306 g/mol. The number of anilines is 1. The highest BCUT2D eigenvalue weighted by molar-refractivity contribution is 5.90. The molecule has 1 fully saturated rings. The molecule has 1 aliphatic carbocycles. The number of nitrogens with zero attached hydrogens (tertiary/aromatic N) is 1. The van der Waals surface area contributed by atoms with Gasteiger partial charge in [0.25, 0.3) is 0 Å². The minimum atomic E-state index is -0.0937. The van der Waals surface area contributed by atoms with Crippen LogP contribution in [0.4, 0.5) is 10.5 Å². The van der Waals surface area contributed by atoms with Gasteiger partial charge < -0.3 is 20.1 Å². The van der Waals surface area contributed by atoms with Crippen LogP contribution in [-0.2, 0) is 0 Å². The van der Waals surface area contributed by atoms with E-state index in [1.165, 1.54) is 0 Å². The number of benzene rings is 1. The maximum absolute atomic E-state index is 12.4. The van der Waals surface area contributed by atoms with E-state index in [4.69, 9.17) is 4.74 Å². The molecule has 0 unspecified atom stereocenters. The molecule has 2 N–H and O–H groups in total. The summed E-state index contributed by atoms with van der Waals surface area (Å²) in [6, 6.07) is 5.80. The Kier molecular flexibility index (Phi) is 5.66. The molecule has 2 amide bonds. The molecule has 122 valence electrons. The van der Waals surface area contributed by atoms with Crippen LogP contribution in [0.5, 0.6) is 5.75 Å². The number of aliphatic hydroxyl groups is 1. The molecule has 22 heavy (non-hydrogen) atoms. The number of nitrogens with one attached hydrogen (secondary N) is 1. The molecule has 0 aromatic heterocycles. The van der Waals surface area contributed by atoms with Gasteiger partial charge in [0, 0.05) is 31.5 Å². The highest BCUT2D eigenvalue weighted by Crippen LogP contribution is 2.27. The number of aliphatic hydroxyl groups excluding tert-OH is 1. The Bertz CT molecular complexity index is 511. The summed E-state index contributed by atoms with van der Waals surface area (Å²) < 4.78 is 5.20. The van der Waals surface area contributed by atoms with Crippen molar-refractivity contribution in [2.45, 2.75) is 38.6 Å². The van der Waals surface area contributed by atoms with Gasteiger partial charge in [0.1, 0.15) is 5.75 Å². The Morgan fingerprint density at radius 3 is 2.64 bits per heavy atom. The number of ether oxygens (including phenoxy) is 1. The van der Waals surface area contributed by atoms with Crippen molar-refractivity contribution in [2.75, 3.05) is 26.1 Å². The van der Waals surface area contributed by atoms with E-state index in [9.17, 15) is 9.90 Å². The molecule has 0 heterocycles. The van der Waals surface area contributed by atoms with E-state index in [2.05, 4.69) is 5.32 Å². The van der Waals surface area contributed by atoms with E-state index in [0.29, 0.717) is 5.92 Å². The Balaban J connectivity index is 1.97. The fraction of sp³-hybridized carbons (Fsp3) is 0.588. The van der Waals surface area contributed by atoms with Gasteiger partial charge in [0.15, 0.2) is 0 Å². The first-order valence-electron chi connectivity index (χ1n) is 7.84. The van der Waals surface area contributed by atoms with Crippen LogP contribution in [0.2, 0.25) is 0 Å². The van der Waals surface area contributed by atoms with E-state index in [0.717, 1.165) is 42.7 Å². The third-order valence-corrected chi connectivity index (χ3v) is 4.63. The summed E-state index contributed by atoms with van der Waals surface area (Å²) in [5, 5.41) is 12.2. The van der Waals surface area contributed by atoms with Gasteiger partial charge in [-0.15, -0.1) is 0 Å². The minimum Gasteiger partial charge on any atom is -0.497 e. The number of amides is 2. The first-order chi connectivity index (χ1) is 10.5. The number of carbonyl (C=O) groups excluding carboxylic acids is 1. The van der Waals surface area contributed by atoms with Gasteiger partial charge in [0.2, 0.25) is 0 Å². The SMILES string of the molecule is COc1ccc(C)c(NC(=O)N(C)C2CCC(CO)CC2)c1. The number of hydrogen-bond donors (Lipinski definition) is 2. The van der Waals surface area contributed by atoms with Crippen LogP contribution >= 0.6 is 0 Å². The van der Waals surface area contributed by atoms with Crippen molar-refractivity contribution in [3.63, 3.8) is 0 Å². The smallest absolute Gasteiger partial charge is 0.321 e. The van der Waals surface area contributed by atoms with Gasteiger partial charge in [-0.1, -0.05) is 6.07 Å². The van der Waals surface area contributed by atoms with Crippen molar-refractivity contribution in [3.8, 4) is 5.75 Å². The van der Waals surface area contributed by atoms with E-state index in [1.54, 1.807) is 12.0 Å². The van der Waals surface area contributed by atoms with Gasteiger partial charge in [0.05, 0.1) is 7.11 Å². The second-order valence-corrected chi connectivity index (χ2v) is 6.08. The van der Waals surface area contributed by atoms with Crippen molar-refractivity contribution in [1.82, 2.24) is 4.90 Å². The zero-order chi connectivity index (χ0) is 16.1. The third kappa shape index (κ3) is 3.91. The molecule has 1 aromatic carbocycles.